The lowest BCUT2D eigenvalue weighted by Gasteiger charge is -2.13. The van der Waals surface area contributed by atoms with E-state index < -0.39 is 0 Å². The Kier molecular flexibility index (Phi) is 4.46. The van der Waals surface area contributed by atoms with Gasteiger partial charge >= 0.3 is 0 Å². The summed E-state index contributed by atoms with van der Waals surface area (Å²) in [6.07, 6.45) is 7.12. The van der Waals surface area contributed by atoms with Crippen LogP contribution in [0.15, 0.2) is 35.1 Å². The van der Waals surface area contributed by atoms with E-state index in [-0.39, 0.29) is 24.4 Å². The number of hydrogen-bond acceptors (Lipinski definition) is 6. The summed E-state index contributed by atoms with van der Waals surface area (Å²) in [6.45, 7) is 0.284. The number of hydrogen-bond donors (Lipinski definition) is 1. The van der Waals surface area contributed by atoms with Gasteiger partial charge in [-0.1, -0.05) is 5.16 Å². The first kappa shape index (κ1) is 17.8. The van der Waals surface area contributed by atoms with E-state index in [0.29, 0.717) is 29.3 Å². The highest BCUT2D eigenvalue weighted by Crippen LogP contribution is 2.38. The van der Waals surface area contributed by atoms with E-state index in [1.54, 1.807) is 18.5 Å². The van der Waals surface area contributed by atoms with Crippen LogP contribution in [0.1, 0.15) is 40.2 Å². The molecule has 148 valence electrons. The second kappa shape index (κ2) is 7.27. The molecule has 3 aromatic rings. The molecule has 5 rings (SSSR count). The molecule has 0 saturated carbocycles. The van der Waals surface area contributed by atoms with Crippen molar-refractivity contribution in [3.63, 3.8) is 0 Å². The highest BCUT2D eigenvalue weighted by molar-refractivity contribution is 5.93. The molecule has 1 atom stereocenters. The highest BCUT2D eigenvalue weighted by Gasteiger charge is 2.29. The number of carbonyl (C=O) groups is 1. The topological polar surface area (TPSA) is 90.1 Å². The number of fused-ring (bicyclic) bond motifs is 2. The van der Waals surface area contributed by atoms with Crippen LogP contribution in [-0.2, 0) is 19.3 Å². The maximum absolute atomic E-state index is 14.1. The van der Waals surface area contributed by atoms with Crippen molar-refractivity contribution in [1.82, 2.24) is 20.4 Å². The monoisotopic (exact) mass is 394 g/mol. The summed E-state index contributed by atoms with van der Waals surface area (Å²) < 4.78 is 25.4. The van der Waals surface area contributed by atoms with Crippen LogP contribution in [0.2, 0.25) is 0 Å². The fourth-order valence-electron chi connectivity index (χ4n) is 3.97. The summed E-state index contributed by atoms with van der Waals surface area (Å²) >= 11 is 0. The molecular formula is C21H19FN4O3. The average Bonchev–Trinajstić information content (AvgIpc) is 3.36. The first-order chi connectivity index (χ1) is 14.2. The van der Waals surface area contributed by atoms with E-state index in [2.05, 4.69) is 20.4 Å². The number of aryl methyl sites for hydroxylation is 1. The van der Waals surface area contributed by atoms with Gasteiger partial charge < -0.3 is 14.6 Å². The second-order valence-electron chi connectivity index (χ2n) is 7.31. The predicted molar refractivity (Wildman–Crippen MR) is 101 cm³/mol. The number of amides is 1. The summed E-state index contributed by atoms with van der Waals surface area (Å²) in [6, 6.07) is 4.53. The van der Waals surface area contributed by atoms with Crippen molar-refractivity contribution in [2.75, 3.05) is 6.54 Å². The molecule has 8 heteroatoms. The lowest BCUT2D eigenvalue weighted by molar-refractivity contribution is 0.0924. The average molecular weight is 394 g/mol. The number of ether oxygens (including phenoxy) is 1. The first-order valence-electron chi connectivity index (χ1n) is 9.71. The number of aromatic nitrogens is 3. The Morgan fingerprint density at radius 3 is 2.90 bits per heavy atom. The molecule has 2 aromatic heterocycles. The second-order valence-corrected chi connectivity index (χ2v) is 7.31. The van der Waals surface area contributed by atoms with Crippen molar-refractivity contribution in [2.45, 2.75) is 38.2 Å². The zero-order valence-electron chi connectivity index (χ0n) is 15.7. The largest absolute Gasteiger partial charge is 0.487 e. The molecule has 0 bridgehead atoms. The zero-order chi connectivity index (χ0) is 19.8. The summed E-state index contributed by atoms with van der Waals surface area (Å²) in [5, 5.41) is 6.83. The molecule has 0 spiro atoms. The van der Waals surface area contributed by atoms with E-state index >= 15 is 0 Å². The van der Waals surface area contributed by atoms with E-state index in [1.807, 2.05) is 0 Å². The molecule has 1 aliphatic heterocycles. The first-order valence-corrected chi connectivity index (χ1v) is 9.71. The van der Waals surface area contributed by atoms with Crippen LogP contribution in [0.4, 0.5) is 4.39 Å². The van der Waals surface area contributed by atoms with Crippen LogP contribution < -0.4 is 10.1 Å². The van der Waals surface area contributed by atoms with Crippen LogP contribution in [-0.4, -0.2) is 33.7 Å². The Bertz CT molecular complexity index is 1070. The quantitative estimate of drug-likeness (QED) is 0.732. The van der Waals surface area contributed by atoms with Gasteiger partial charge in [0.15, 0.2) is 11.5 Å². The fourth-order valence-corrected chi connectivity index (χ4v) is 3.97. The van der Waals surface area contributed by atoms with Crippen LogP contribution in [0.3, 0.4) is 0 Å². The van der Waals surface area contributed by atoms with Gasteiger partial charge in [0.05, 0.1) is 12.1 Å². The Hall–Kier alpha value is -3.29. The molecule has 1 amide bonds. The minimum Gasteiger partial charge on any atom is -0.487 e. The lowest BCUT2D eigenvalue weighted by Crippen LogP contribution is -2.35. The maximum atomic E-state index is 14.1. The van der Waals surface area contributed by atoms with Gasteiger partial charge in [-0.05, 0) is 37.5 Å². The van der Waals surface area contributed by atoms with Crippen molar-refractivity contribution < 1.29 is 18.4 Å². The van der Waals surface area contributed by atoms with Crippen molar-refractivity contribution >= 4 is 5.91 Å². The minimum absolute atomic E-state index is 0.269. The molecule has 0 unspecified atom stereocenters. The van der Waals surface area contributed by atoms with Gasteiger partial charge in [-0.15, -0.1) is 0 Å². The molecule has 0 fully saturated rings. The lowest BCUT2D eigenvalue weighted by atomic mass is 9.96. The Morgan fingerprint density at radius 1 is 1.21 bits per heavy atom. The molecule has 0 saturated heterocycles. The van der Waals surface area contributed by atoms with E-state index in [9.17, 15) is 9.18 Å². The number of halogens is 1. The van der Waals surface area contributed by atoms with Crippen LogP contribution >= 0.6 is 0 Å². The van der Waals surface area contributed by atoms with E-state index in [0.717, 1.165) is 42.6 Å². The van der Waals surface area contributed by atoms with E-state index in [1.165, 1.54) is 12.1 Å². The SMILES string of the molecule is O=C(NC[C@H]1Cc2cc(F)cc(-c3ncccn3)c2O1)c1noc2c1CCCC2. The third kappa shape index (κ3) is 3.35. The molecule has 3 heterocycles. The molecular weight excluding hydrogens is 375 g/mol. The Balaban J connectivity index is 1.30. The number of benzene rings is 1. The number of rotatable bonds is 4. The van der Waals surface area contributed by atoms with Gasteiger partial charge in [-0.3, -0.25) is 4.79 Å². The normalized spacial score (nSPS) is 17.3. The number of nitrogens with zero attached hydrogens (tertiary/aromatic N) is 3. The molecule has 2 aliphatic rings. The Morgan fingerprint density at radius 2 is 2.03 bits per heavy atom. The maximum Gasteiger partial charge on any atom is 0.273 e. The van der Waals surface area contributed by atoms with Gasteiger partial charge in [0, 0.05) is 36.4 Å². The van der Waals surface area contributed by atoms with Crippen molar-refractivity contribution in [3.8, 4) is 17.1 Å². The summed E-state index contributed by atoms with van der Waals surface area (Å²) in [5.74, 6) is 1.15. The van der Waals surface area contributed by atoms with E-state index in [4.69, 9.17) is 9.26 Å². The van der Waals surface area contributed by atoms with Crippen molar-refractivity contribution in [3.05, 3.63) is 59.0 Å². The van der Waals surface area contributed by atoms with Crippen LogP contribution in [0.25, 0.3) is 11.4 Å². The zero-order valence-corrected chi connectivity index (χ0v) is 15.7. The highest BCUT2D eigenvalue weighted by atomic mass is 19.1. The van der Waals surface area contributed by atoms with Crippen molar-refractivity contribution in [1.29, 1.82) is 0 Å². The van der Waals surface area contributed by atoms with Gasteiger partial charge in [-0.2, -0.15) is 0 Å². The fraction of sp³-hybridized carbons (Fsp3) is 0.333. The number of carbonyl (C=O) groups excluding carboxylic acids is 1. The van der Waals surface area contributed by atoms with Crippen LogP contribution in [0, 0.1) is 5.82 Å². The third-order valence-electron chi connectivity index (χ3n) is 5.32. The van der Waals surface area contributed by atoms with Crippen molar-refractivity contribution in [2.24, 2.45) is 0 Å². The minimum atomic E-state index is -0.367. The molecule has 1 aromatic carbocycles. The molecule has 7 nitrogen and oxygen atoms in total. The number of nitrogens with one attached hydrogen (secondary N) is 1. The smallest absolute Gasteiger partial charge is 0.273 e. The third-order valence-corrected chi connectivity index (χ3v) is 5.32. The van der Waals surface area contributed by atoms with Gasteiger partial charge in [0.1, 0.15) is 23.4 Å². The summed E-state index contributed by atoms with van der Waals surface area (Å²) in [5.41, 5.74) is 2.53. The molecule has 1 aliphatic carbocycles. The standard InChI is InChI=1S/C21H19FN4O3/c22-13-8-12-9-14(28-19(12)16(10-13)20-23-6-3-7-24-20)11-25-21(27)18-15-4-1-2-5-17(15)29-26-18/h3,6-8,10,14H,1-2,4-5,9,11H2,(H,25,27)/t14-/m1/s1. The Labute approximate surface area is 166 Å². The van der Waals surface area contributed by atoms with Gasteiger partial charge in [0.2, 0.25) is 0 Å². The van der Waals surface area contributed by atoms with Crippen LogP contribution in [0.5, 0.6) is 5.75 Å². The summed E-state index contributed by atoms with van der Waals surface area (Å²) in [7, 11) is 0. The van der Waals surface area contributed by atoms with Gasteiger partial charge in [0.25, 0.3) is 5.91 Å². The molecule has 0 radical (unpaired) electrons. The summed E-state index contributed by atoms with van der Waals surface area (Å²) in [4.78, 5) is 21.0. The molecule has 1 N–H and O–H groups in total. The molecule has 29 heavy (non-hydrogen) atoms. The van der Waals surface area contributed by atoms with Gasteiger partial charge in [-0.25, -0.2) is 14.4 Å². The predicted octanol–water partition coefficient (Wildman–Crippen LogP) is 2.88.